The Balaban J connectivity index is 1.50. The molecule has 8 nitrogen and oxygen atoms in total. The van der Waals surface area contributed by atoms with Crippen LogP contribution in [0.1, 0.15) is 25.3 Å². The van der Waals surface area contributed by atoms with Gasteiger partial charge in [0.15, 0.2) is 17.7 Å². The second-order valence-electron chi connectivity index (χ2n) is 7.29. The highest BCUT2D eigenvalue weighted by atomic mass is 19.1. The highest BCUT2D eigenvalue weighted by molar-refractivity contribution is 6.01. The molecule has 2 heterocycles. The molecule has 2 amide bonds. The summed E-state index contributed by atoms with van der Waals surface area (Å²) in [5.74, 6) is -1.62. The van der Waals surface area contributed by atoms with E-state index in [-0.39, 0.29) is 36.9 Å². The Labute approximate surface area is 162 Å². The van der Waals surface area contributed by atoms with Gasteiger partial charge in [-0.25, -0.2) is 9.18 Å². The summed E-state index contributed by atoms with van der Waals surface area (Å²) in [6.07, 6.45) is 0.641. The van der Waals surface area contributed by atoms with Crippen LogP contribution < -0.4 is 10.1 Å². The predicted molar refractivity (Wildman–Crippen MR) is 98.9 cm³/mol. The molecule has 0 aliphatic carbocycles. The van der Waals surface area contributed by atoms with Crippen molar-refractivity contribution in [2.45, 2.75) is 25.9 Å². The average Bonchev–Trinajstić information content (AvgIpc) is 3.14. The summed E-state index contributed by atoms with van der Waals surface area (Å²) in [7, 11) is 1.40. The number of amides is 2. The average molecular weight is 393 g/mol. The maximum atomic E-state index is 13.9. The normalized spacial score (nSPS) is 24.3. The van der Waals surface area contributed by atoms with Gasteiger partial charge in [0.1, 0.15) is 0 Å². The minimum absolute atomic E-state index is 0.128. The molecule has 2 aliphatic heterocycles. The fraction of sp³-hybridized carbons (Fsp3) is 0.526. The van der Waals surface area contributed by atoms with E-state index in [9.17, 15) is 19.1 Å². The lowest BCUT2D eigenvalue weighted by molar-refractivity contribution is -0.143. The molecule has 3 atom stereocenters. The molecule has 2 aliphatic rings. The molecule has 0 aromatic heterocycles. The smallest absolute Gasteiger partial charge is 0.317 e. The van der Waals surface area contributed by atoms with Crippen LogP contribution in [-0.4, -0.2) is 60.6 Å². The van der Waals surface area contributed by atoms with Crippen molar-refractivity contribution >= 4 is 17.7 Å². The van der Waals surface area contributed by atoms with Gasteiger partial charge in [0, 0.05) is 25.1 Å². The fourth-order valence-corrected chi connectivity index (χ4v) is 3.56. The molecule has 0 spiro atoms. The van der Waals surface area contributed by atoms with E-state index in [1.165, 1.54) is 24.1 Å². The maximum Gasteiger partial charge on any atom is 0.317 e. The third-order valence-electron chi connectivity index (χ3n) is 5.00. The highest BCUT2D eigenvalue weighted by Crippen LogP contribution is 2.23. The molecule has 0 bridgehead atoms. The third kappa shape index (κ3) is 4.52. The van der Waals surface area contributed by atoms with Crippen LogP contribution in [0.3, 0.4) is 0 Å². The number of urea groups is 1. The largest absolute Gasteiger partial charge is 0.494 e. The molecule has 28 heavy (non-hydrogen) atoms. The fourth-order valence-electron chi connectivity index (χ4n) is 3.56. The van der Waals surface area contributed by atoms with Gasteiger partial charge in [-0.05, 0) is 30.5 Å². The SMILES string of the molecule is COc1ccc(C2=NOC(CNC(=O)N3CC(C)CC(C(=O)O)C3)C2)cc1F. The van der Waals surface area contributed by atoms with E-state index in [4.69, 9.17) is 9.57 Å². The van der Waals surface area contributed by atoms with E-state index < -0.39 is 17.7 Å². The molecule has 1 saturated heterocycles. The number of carbonyl (C=O) groups excluding carboxylic acids is 1. The number of nitrogens with zero attached hydrogens (tertiary/aromatic N) is 2. The van der Waals surface area contributed by atoms with Gasteiger partial charge in [0.2, 0.25) is 0 Å². The number of benzene rings is 1. The van der Waals surface area contributed by atoms with Crippen LogP contribution in [0.15, 0.2) is 23.4 Å². The van der Waals surface area contributed by atoms with Gasteiger partial charge in [0.05, 0.1) is 25.3 Å². The third-order valence-corrected chi connectivity index (χ3v) is 5.00. The first-order valence-electron chi connectivity index (χ1n) is 9.19. The van der Waals surface area contributed by atoms with E-state index in [1.54, 1.807) is 6.07 Å². The molecule has 3 unspecified atom stereocenters. The molecule has 1 aromatic carbocycles. The van der Waals surface area contributed by atoms with Crippen molar-refractivity contribution in [3.8, 4) is 5.75 Å². The lowest BCUT2D eigenvalue weighted by atomic mass is 9.91. The first-order chi connectivity index (χ1) is 13.4. The molecule has 2 N–H and O–H groups in total. The van der Waals surface area contributed by atoms with E-state index in [0.29, 0.717) is 30.7 Å². The number of hydrogen-bond acceptors (Lipinski definition) is 5. The topological polar surface area (TPSA) is 100 Å². The summed E-state index contributed by atoms with van der Waals surface area (Å²) in [4.78, 5) is 30.5. The van der Waals surface area contributed by atoms with Gasteiger partial charge in [-0.3, -0.25) is 4.79 Å². The first-order valence-corrected chi connectivity index (χ1v) is 9.19. The van der Waals surface area contributed by atoms with Crippen LogP contribution in [0.2, 0.25) is 0 Å². The van der Waals surface area contributed by atoms with Crippen molar-refractivity contribution in [1.29, 1.82) is 0 Å². The lowest BCUT2D eigenvalue weighted by Crippen LogP contribution is -2.50. The zero-order chi connectivity index (χ0) is 20.3. The second-order valence-corrected chi connectivity index (χ2v) is 7.29. The number of methoxy groups -OCH3 is 1. The number of rotatable bonds is 5. The van der Waals surface area contributed by atoms with Crippen molar-refractivity contribution in [2.75, 3.05) is 26.7 Å². The van der Waals surface area contributed by atoms with Crippen LogP contribution in [0.4, 0.5) is 9.18 Å². The van der Waals surface area contributed by atoms with Gasteiger partial charge in [-0.15, -0.1) is 0 Å². The molecule has 3 rings (SSSR count). The van der Waals surface area contributed by atoms with Crippen LogP contribution in [0.25, 0.3) is 0 Å². The van der Waals surface area contributed by atoms with Crippen LogP contribution in [-0.2, 0) is 9.63 Å². The van der Waals surface area contributed by atoms with Crippen molar-refractivity contribution in [3.05, 3.63) is 29.6 Å². The number of piperidine rings is 1. The van der Waals surface area contributed by atoms with Gasteiger partial charge in [-0.2, -0.15) is 0 Å². The number of aliphatic carboxylic acids is 1. The monoisotopic (exact) mass is 393 g/mol. The molecule has 9 heteroatoms. The van der Waals surface area contributed by atoms with E-state index >= 15 is 0 Å². The molecular weight excluding hydrogens is 369 g/mol. The summed E-state index contributed by atoms with van der Waals surface area (Å²) in [6, 6.07) is 4.25. The second kappa shape index (κ2) is 8.45. The van der Waals surface area contributed by atoms with Gasteiger partial charge >= 0.3 is 12.0 Å². The van der Waals surface area contributed by atoms with Crippen molar-refractivity contribution < 1.29 is 28.7 Å². The zero-order valence-corrected chi connectivity index (χ0v) is 15.9. The standard InChI is InChI=1S/C19H24FN3O5/c1-11-5-13(18(24)25)10-23(9-11)19(26)21-8-14-7-16(22-28-14)12-3-4-17(27-2)15(20)6-12/h3-4,6,11,13-14H,5,7-10H2,1-2H3,(H,21,26)(H,24,25). The zero-order valence-electron chi connectivity index (χ0n) is 15.9. The molecule has 0 saturated carbocycles. The number of carboxylic acids is 1. The maximum absolute atomic E-state index is 13.9. The number of oxime groups is 1. The molecule has 1 aromatic rings. The number of carbonyl (C=O) groups is 2. The Morgan fingerprint density at radius 2 is 2.21 bits per heavy atom. The van der Waals surface area contributed by atoms with Crippen LogP contribution in [0, 0.1) is 17.7 Å². The lowest BCUT2D eigenvalue weighted by Gasteiger charge is -2.34. The molecule has 0 radical (unpaired) electrons. The summed E-state index contributed by atoms with van der Waals surface area (Å²) >= 11 is 0. The van der Waals surface area contributed by atoms with Crippen LogP contribution in [0.5, 0.6) is 5.75 Å². The van der Waals surface area contributed by atoms with Gasteiger partial charge < -0.3 is 24.9 Å². The highest BCUT2D eigenvalue weighted by Gasteiger charge is 2.32. The number of carboxylic acid groups (broad SMARTS) is 1. The number of nitrogens with one attached hydrogen (secondary N) is 1. The van der Waals surface area contributed by atoms with Crippen molar-refractivity contribution in [1.82, 2.24) is 10.2 Å². The van der Waals surface area contributed by atoms with E-state index in [2.05, 4.69) is 10.5 Å². The molecule has 152 valence electrons. The van der Waals surface area contributed by atoms with Crippen LogP contribution >= 0.6 is 0 Å². The Morgan fingerprint density at radius 3 is 2.89 bits per heavy atom. The van der Waals surface area contributed by atoms with Gasteiger partial charge in [-0.1, -0.05) is 12.1 Å². The predicted octanol–water partition coefficient (Wildman–Crippen LogP) is 2.08. The quantitative estimate of drug-likeness (QED) is 0.798. The Kier molecular flexibility index (Phi) is 6.01. The Morgan fingerprint density at radius 1 is 1.43 bits per heavy atom. The summed E-state index contributed by atoms with van der Waals surface area (Å²) in [5, 5.41) is 16.0. The van der Waals surface area contributed by atoms with Gasteiger partial charge in [0.25, 0.3) is 0 Å². The number of halogens is 1. The first kappa shape index (κ1) is 19.9. The summed E-state index contributed by atoms with van der Waals surface area (Å²) < 4.78 is 18.8. The summed E-state index contributed by atoms with van der Waals surface area (Å²) in [5.41, 5.74) is 1.19. The summed E-state index contributed by atoms with van der Waals surface area (Å²) in [6.45, 7) is 2.88. The van der Waals surface area contributed by atoms with Crippen molar-refractivity contribution in [3.63, 3.8) is 0 Å². The minimum Gasteiger partial charge on any atom is -0.494 e. The van der Waals surface area contributed by atoms with E-state index in [0.717, 1.165) is 0 Å². The number of hydrogen-bond donors (Lipinski definition) is 2. The number of ether oxygens (including phenoxy) is 1. The Hall–Kier alpha value is -2.84. The molecule has 1 fully saturated rings. The number of likely N-dealkylation sites (tertiary alicyclic amines) is 1. The van der Waals surface area contributed by atoms with E-state index in [1.807, 2.05) is 6.92 Å². The Bertz CT molecular complexity index is 785. The van der Waals surface area contributed by atoms with Crippen molar-refractivity contribution in [2.24, 2.45) is 17.0 Å². The minimum atomic E-state index is -0.881. The molecular formula is C19H24FN3O5.